The fourth-order valence-electron chi connectivity index (χ4n) is 4.90. The molecule has 31 heavy (non-hydrogen) atoms. The Morgan fingerprint density at radius 1 is 1.06 bits per heavy atom. The van der Waals surface area contributed by atoms with E-state index in [9.17, 15) is 0 Å². The SMILES string of the molecule is NCc1cc(-c2cc(Cl)cc3c2O[C@@H](c2onc4c2CCCC4)C3)c2ccccc2n1. The molecule has 2 aromatic heterocycles. The van der Waals surface area contributed by atoms with Crippen molar-refractivity contribution in [3.63, 3.8) is 0 Å². The van der Waals surface area contributed by atoms with E-state index in [2.05, 4.69) is 16.2 Å². The van der Waals surface area contributed by atoms with E-state index in [1.165, 1.54) is 18.4 Å². The maximum atomic E-state index is 6.56. The van der Waals surface area contributed by atoms with Gasteiger partial charge in [0.1, 0.15) is 5.75 Å². The Balaban J connectivity index is 1.48. The Labute approximate surface area is 185 Å². The molecule has 6 heteroatoms. The molecule has 4 aromatic rings. The van der Waals surface area contributed by atoms with Gasteiger partial charge in [-0.2, -0.15) is 0 Å². The lowest BCUT2D eigenvalue weighted by molar-refractivity contribution is 0.189. The van der Waals surface area contributed by atoms with Gasteiger partial charge in [-0.1, -0.05) is 35.0 Å². The number of aryl methyl sites for hydroxylation is 1. The normalized spacial score (nSPS) is 17.4. The molecule has 0 fully saturated rings. The molecule has 0 saturated carbocycles. The zero-order valence-electron chi connectivity index (χ0n) is 17.0. The second-order valence-electron chi connectivity index (χ2n) is 8.31. The lowest BCUT2D eigenvalue weighted by Gasteiger charge is -2.15. The van der Waals surface area contributed by atoms with Gasteiger partial charge in [0.2, 0.25) is 0 Å². The standard InChI is InChI=1S/C25H22ClN3O2/c26-15-9-14-10-23(25-18-6-2-4-8-22(18)29-31-25)30-24(14)20(11-15)19-12-16(13-27)28-21-7-3-1-5-17(19)21/h1,3,5,7,9,11-12,23H,2,4,6,8,10,13,27H2/t23-/m1/s1. The molecule has 0 amide bonds. The van der Waals surface area contributed by atoms with Crippen LogP contribution in [-0.4, -0.2) is 10.1 Å². The molecule has 1 aliphatic heterocycles. The molecule has 6 rings (SSSR count). The number of ether oxygens (including phenoxy) is 1. The highest BCUT2D eigenvalue weighted by Crippen LogP contribution is 2.47. The Bertz CT molecular complexity index is 1310. The second kappa shape index (κ2) is 7.36. The van der Waals surface area contributed by atoms with E-state index < -0.39 is 0 Å². The molecular weight excluding hydrogens is 410 g/mol. The minimum absolute atomic E-state index is 0.177. The summed E-state index contributed by atoms with van der Waals surface area (Å²) in [6.07, 6.45) is 4.87. The summed E-state index contributed by atoms with van der Waals surface area (Å²) in [6, 6.07) is 14.1. The van der Waals surface area contributed by atoms with Gasteiger partial charge in [-0.05, 0) is 55.5 Å². The topological polar surface area (TPSA) is 74.2 Å². The molecule has 0 unspecified atom stereocenters. The van der Waals surface area contributed by atoms with Gasteiger partial charge < -0.3 is 15.0 Å². The van der Waals surface area contributed by atoms with Crippen LogP contribution in [-0.2, 0) is 25.8 Å². The third-order valence-corrected chi connectivity index (χ3v) is 6.57. The van der Waals surface area contributed by atoms with Gasteiger partial charge in [-0.3, -0.25) is 4.98 Å². The van der Waals surface area contributed by atoms with Crippen LogP contribution >= 0.6 is 11.6 Å². The van der Waals surface area contributed by atoms with E-state index in [0.717, 1.165) is 69.8 Å². The second-order valence-corrected chi connectivity index (χ2v) is 8.75. The summed E-state index contributed by atoms with van der Waals surface area (Å²) in [4.78, 5) is 4.68. The summed E-state index contributed by atoms with van der Waals surface area (Å²) in [7, 11) is 0. The summed E-state index contributed by atoms with van der Waals surface area (Å²) in [5.41, 5.74) is 13.1. The average molecular weight is 432 g/mol. The van der Waals surface area contributed by atoms with Crippen LogP contribution in [0.4, 0.5) is 0 Å². The van der Waals surface area contributed by atoms with Crippen molar-refractivity contribution >= 4 is 22.5 Å². The molecule has 1 aliphatic carbocycles. The van der Waals surface area contributed by atoms with E-state index in [4.69, 9.17) is 26.6 Å². The van der Waals surface area contributed by atoms with Gasteiger partial charge in [-0.25, -0.2) is 0 Å². The number of nitrogens with zero attached hydrogens (tertiary/aromatic N) is 2. The Morgan fingerprint density at radius 2 is 1.94 bits per heavy atom. The fourth-order valence-corrected chi connectivity index (χ4v) is 5.14. The molecule has 2 N–H and O–H groups in total. The molecular formula is C25H22ClN3O2. The van der Waals surface area contributed by atoms with Crippen molar-refractivity contribution in [3.8, 4) is 16.9 Å². The van der Waals surface area contributed by atoms with E-state index in [-0.39, 0.29) is 6.10 Å². The number of nitrogens with two attached hydrogens (primary N) is 1. The lowest BCUT2D eigenvalue weighted by Crippen LogP contribution is -2.08. The number of rotatable bonds is 3. The number of halogens is 1. The molecule has 3 heterocycles. The Kier molecular flexibility index (Phi) is 4.47. The van der Waals surface area contributed by atoms with Gasteiger partial charge in [-0.15, -0.1) is 0 Å². The monoisotopic (exact) mass is 431 g/mol. The van der Waals surface area contributed by atoms with Crippen molar-refractivity contribution < 1.29 is 9.26 Å². The predicted octanol–water partition coefficient (Wildman–Crippen LogP) is 5.56. The first-order valence-corrected chi connectivity index (χ1v) is 11.1. The number of para-hydroxylation sites is 1. The first-order chi connectivity index (χ1) is 15.2. The van der Waals surface area contributed by atoms with Crippen LogP contribution in [0.1, 0.15) is 47.2 Å². The van der Waals surface area contributed by atoms with E-state index in [0.29, 0.717) is 11.6 Å². The molecule has 2 aliphatic rings. The van der Waals surface area contributed by atoms with Crippen molar-refractivity contribution in [2.75, 3.05) is 0 Å². The van der Waals surface area contributed by atoms with Crippen molar-refractivity contribution in [1.82, 2.24) is 10.1 Å². The molecule has 0 spiro atoms. The summed E-state index contributed by atoms with van der Waals surface area (Å²) < 4.78 is 12.3. The van der Waals surface area contributed by atoms with Crippen molar-refractivity contribution in [1.29, 1.82) is 0 Å². The van der Waals surface area contributed by atoms with Gasteiger partial charge in [0, 0.05) is 40.1 Å². The van der Waals surface area contributed by atoms with Crippen LogP contribution in [0.15, 0.2) is 47.0 Å². The third kappa shape index (κ3) is 3.11. The average Bonchev–Trinajstić information content (AvgIpc) is 3.41. The summed E-state index contributed by atoms with van der Waals surface area (Å²) in [5, 5.41) is 6.06. The van der Waals surface area contributed by atoms with Gasteiger partial charge in [0.25, 0.3) is 0 Å². The quantitative estimate of drug-likeness (QED) is 0.459. The number of fused-ring (bicyclic) bond motifs is 3. The van der Waals surface area contributed by atoms with Crippen LogP contribution in [0.2, 0.25) is 5.02 Å². The first kappa shape index (κ1) is 18.8. The number of pyridine rings is 1. The lowest BCUT2D eigenvalue weighted by atomic mass is 9.93. The predicted molar refractivity (Wildman–Crippen MR) is 120 cm³/mol. The number of hydrogen-bond donors (Lipinski definition) is 1. The Morgan fingerprint density at radius 3 is 2.84 bits per heavy atom. The molecule has 0 radical (unpaired) electrons. The molecule has 0 saturated heterocycles. The fraction of sp³-hybridized carbons (Fsp3) is 0.280. The van der Waals surface area contributed by atoms with Gasteiger partial charge in [0.15, 0.2) is 11.9 Å². The van der Waals surface area contributed by atoms with Crippen LogP contribution < -0.4 is 10.5 Å². The minimum atomic E-state index is -0.177. The van der Waals surface area contributed by atoms with Gasteiger partial charge >= 0.3 is 0 Å². The molecule has 0 bridgehead atoms. The molecule has 2 aromatic carbocycles. The molecule has 1 atom stereocenters. The van der Waals surface area contributed by atoms with Crippen LogP contribution in [0, 0.1) is 0 Å². The first-order valence-electron chi connectivity index (χ1n) is 10.8. The third-order valence-electron chi connectivity index (χ3n) is 6.35. The molecule has 5 nitrogen and oxygen atoms in total. The maximum absolute atomic E-state index is 6.56. The Hall–Kier alpha value is -2.89. The summed E-state index contributed by atoms with van der Waals surface area (Å²) in [5.74, 6) is 1.73. The van der Waals surface area contributed by atoms with E-state index in [1.807, 2.05) is 36.4 Å². The largest absolute Gasteiger partial charge is 0.481 e. The molecule has 156 valence electrons. The van der Waals surface area contributed by atoms with Crippen LogP contribution in [0.3, 0.4) is 0 Å². The van der Waals surface area contributed by atoms with Gasteiger partial charge in [0.05, 0.1) is 16.9 Å². The van der Waals surface area contributed by atoms with E-state index >= 15 is 0 Å². The van der Waals surface area contributed by atoms with Crippen molar-refractivity contribution in [2.24, 2.45) is 5.73 Å². The number of hydrogen-bond acceptors (Lipinski definition) is 5. The zero-order chi connectivity index (χ0) is 20.9. The maximum Gasteiger partial charge on any atom is 0.181 e. The highest BCUT2D eigenvalue weighted by molar-refractivity contribution is 6.31. The number of aromatic nitrogens is 2. The highest BCUT2D eigenvalue weighted by atomic mass is 35.5. The van der Waals surface area contributed by atoms with Crippen molar-refractivity contribution in [2.45, 2.75) is 44.8 Å². The summed E-state index contributed by atoms with van der Waals surface area (Å²) >= 11 is 6.56. The highest BCUT2D eigenvalue weighted by Gasteiger charge is 2.34. The van der Waals surface area contributed by atoms with E-state index in [1.54, 1.807) is 0 Å². The number of benzene rings is 2. The summed E-state index contributed by atoms with van der Waals surface area (Å²) in [6.45, 7) is 0.369. The zero-order valence-corrected chi connectivity index (χ0v) is 17.8. The van der Waals surface area contributed by atoms with Crippen LogP contribution in [0.5, 0.6) is 5.75 Å². The van der Waals surface area contributed by atoms with Crippen molar-refractivity contribution in [3.05, 3.63) is 75.8 Å². The smallest absolute Gasteiger partial charge is 0.181 e. The van der Waals surface area contributed by atoms with Crippen LogP contribution in [0.25, 0.3) is 22.0 Å². The minimum Gasteiger partial charge on any atom is -0.481 e.